The van der Waals surface area contributed by atoms with Crippen LogP contribution in [0.5, 0.6) is 5.75 Å². The zero-order valence-corrected chi connectivity index (χ0v) is 15.2. The van der Waals surface area contributed by atoms with Crippen LogP contribution in [-0.4, -0.2) is 35.9 Å². The van der Waals surface area contributed by atoms with Crippen molar-refractivity contribution in [3.8, 4) is 5.75 Å². The molecule has 0 unspecified atom stereocenters. The van der Waals surface area contributed by atoms with Gasteiger partial charge >= 0.3 is 11.9 Å². The summed E-state index contributed by atoms with van der Waals surface area (Å²) in [5, 5.41) is 3.91. The van der Waals surface area contributed by atoms with Gasteiger partial charge in [0, 0.05) is 24.0 Å². The standard InChI is InChI=1S/C20H20N2O5/c1-3-26-18(23)10-12-22-11-4-5-15(22)13-17-19(21-27-20(17)24)14-6-8-16(25-2)9-7-14/h4-9,11,13H,3,10,12H2,1-2H3/b17-13-. The SMILES string of the molecule is CCOC(=O)CCn1cccc1/C=C1\C(=O)ON=C1c1ccc(OC)cc1. The van der Waals surface area contributed by atoms with Crippen LogP contribution < -0.4 is 4.74 Å². The second-order valence-electron chi connectivity index (χ2n) is 5.79. The van der Waals surface area contributed by atoms with E-state index in [2.05, 4.69) is 5.16 Å². The third-order valence-corrected chi connectivity index (χ3v) is 4.08. The van der Waals surface area contributed by atoms with E-state index in [1.807, 2.05) is 35.0 Å². The number of aromatic nitrogens is 1. The number of oxime groups is 1. The summed E-state index contributed by atoms with van der Waals surface area (Å²) < 4.78 is 12.0. The second kappa shape index (κ2) is 8.35. The Morgan fingerprint density at radius 1 is 1.26 bits per heavy atom. The van der Waals surface area contributed by atoms with Crippen molar-refractivity contribution in [2.24, 2.45) is 5.16 Å². The van der Waals surface area contributed by atoms with Crippen LogP contribution in [0.1, 0.15) is 24.6 Å². The van der Waals surface area contributed by atoms with Crippen molar-refractivity contribution in [2.75, 3.05) is 13.7 Å². The zero-order valence-electron chi connectivity index (χ0n) is 15.2. The summed E-state index contributed by atoms with van der Waals surface area (Å²) in [4.78, 5) is 28.6. The Kier molecular flexibility index (Phi) is 5.71. The van der Waals surface area contributed by atoms with Gasteiger partial charge in [-0.3, -0.25) is 4.79 Å². The monoisotopic (exact) mass is 368 g/mol. The molecule has 0 fully saturated rings. The molecular weight excluding hydrogens is 348 g/mol. The molecule has 0 aliphatic carbocycles. The minimum absolute atomic E-state index is 0.253. The number of ether oxygens (including phenoxy) is 2. The Hall–Kier alpha value is -3.35. The summed E-state index contributed by atoms with van der Waals surface area (Å²) in [6.45, 7) is 2.58. The largest absolute Gasteiger partial charge is 0.497 e. The zero-order chi connectivity index (χ0) is 19.2. The molecule has 7 nitrogen and oxygen atoms in total. The number of hydrogen-bond acceptors (Lipinski definition) is 6. The van der Waals surface area contributed by atoms with E-state index in [0.29, 0.717) is 30.2 Å². The first kappa shape index (κ1) is 18.4. The van der Waals surface area contributed by atoms with E-state index in [4.69, 9.17) is 14.3 Å². The third kappa shape index (κ3) is 4.25. The van der Waals surface area contributed by atoms with Crippen LogP contribution in [0.15, 0.2) is 53.3 Å². The topological polar surface area (TPSA) is 79.1 Å². The molecule has 1 aliphatic rings. The fraction of sp³-hybridized carbons (Fsp3) is 0.250. The van der Waals surface area contributed by atoms with Crippen LogP contribution in [0.25, 0.3) is 6.08 Å². The lowest BCUT2D eigenvalue weighted by atomic mass is 10.0. The maximum atomic E-state index is 12.2. The van der Waals surface area contributed by atoms with Crippen molar-refractivity contribution in [3.05, 3.63) is 59.4 Å². The molecule has 7 heteroatoms. The molecule has 0 radical (unpaired) electrons. The molecule has 0 N–H and O–H groups in total. The Balaban J connectivity index is 1.82. The van der Waals surface area contributed by atoms with Crippen molar-refractivity contribution >= 4 is 23.7 Å². The normalized spacial score (nSPS) is 14.8. The van der Waals surface area contributed by atoms with Gasteiger partial charge in [-0.05, 0) is 49.4 Å². The van der Waals surface area contributed by atoms with E-state index < -0.39 is 5.97 Å². The van der Waals surface area contributed by atoms with Crippen LogP contribution >= 0.6 is 0 Å². The summed E-state index contributed by atoms with van der Waals surface area (Å²) in [6, 6.07) is 10.9. The molecule has 2 heterocycles. The van der Waals surface area contributed by atoms with Gasteiger partial charge < -0.3 is 18.9 Å². The van der Waals surface area contributed by atoms with Gasteiger partial charge in [-0.1, -0.05) is 5.16 Å². The third-order valence-electron chi connectivity index (χ3n) is 4.08. The van der Waals surface area contributed by atoms with Crippen molar-refractivity contribution in [1.82, 2.24) is 4.57 Å². The summed E-state index contributed by atoms with van der Waals surface area (Å²) >= 11 is 0. The molecule has 0 bridgehead atoms. The Bertz CT molecular complexity index is 893. The van der Waals surface area contributed by atoms with Crippen LogP contribution in [-0.2, 0) is 25.7 Å². The van der Waals surface area contributed by atoms with Crippen molar-refractivity contribution < 1.29 is 23.9 Å². The molecule has 0 amide bonds. The quantitative estimate of drug-likeness (QED) is 0.427. The summed E-state index contributed by atoms with van der Waals surface area (Å²) in [6.07, 6.45) is 3.81. The van der Waals surface area contributed by atoms with Crippen LogP contribution in [0.3, 0.4) is 0 Å². The maximum absolute atomic E-state index is 12.2. The summed E-state index contributed by atoms with van der Waals surface area (Å²) in [5.74, 6) is -0.0625. The molecule has 0 saturated carbocycles. The average Bonchev–Trinajstić information content (AvgIpc) is 3.28. The Morgan fingerprint density at radius 2 is 2.04 bits per heavy atom. The highest BCUT2D eigenvalue weighted by Gasteiger charge is 2.27. The van der Waals surface area contributed by atoms with E-state index in [9.17, 15) is 9.59 Å². The first-order valence-electron chi connectivity index (χ1n) is 8.59. The molecule has 3 rings (SSSR count). The number of carbonyl (C=O) groups is 2. The lowest BCUT2D eigenvalue weighted by Gasteiger charge is -2.07. The second-order valence-corrected chi connectivity index (χ2v) is 5.79. The van der Waals surface area contributed by atoms with E-state index in [0.717, 1.165) is 11.3 Å². The first-order valence-corrected chi connectivity index (χ1v) is 8.59. The Labute approximate surface area is 156 Å². The highest BCUT2D eigenvalue weighted by atomic mass is 16.7. The number of benzene rings is 1. The molecule has 1 aromatic carbocycles. The number of carbonyl (C=O) groups excluding carboxylic acids is 2. The molecule has 140 valence electrons. The molecule has 1 aromatic heterocycles. The molecule has 2 aromatic rings. The molecular formula is C20H20N2O5. The average molecular weight is 368 g/mol. The predicted molar refractivity (Wildman–Crippen MR) is 99.3 cm³/mol. The van der Waals surface area contributed by atoms with Crippen LogP contribution in [0, 0.1) is 0 Å². The highest BCUT2D eigenvalue weighted by molar-refractivity contribution is 6.31. The van der Waals surface area contributed by atoms with Gasteiger partial charge in [0.05, 0.1) is 25.7 Å². The van der Waals surface area contributed by atoms with E-state index in [-0.39, 0.29) is 12.4 Å². The first-order chi connectivity index (χ1) is 13.1. The highest BCUT2D eigenvalue weighted by Crippen LogP contribution is 2.22. The smallest absolute Gasteiger partial charge is 0.368 e. The molecule has 27 heavy (non-hydrogen) atoms. The summed E-state index contributed by atoms with van der Waals surface area (Å²) in [7, 11) is 1.59. The predicted octanol–water partition coefficient (Wildman–Crippen LogP) is 2.79. The number of aryl methyl sites for hydroxylation is 1. The van der Waals surface area contributed by atoms with Gasteiger partial charge in [-0.2, -0.15) is 0 Å². The molecule has 1 aliphatic heterocycles. The fourth-order valence-corrected chi connectivity index (χ4v) is 2.72. The number of rotatable bonds is 7. The number of nitrogens with zero attached hydrogens (tertiary/aromatic N) is 2. The van der Waals surface area contributed by atoms with E-state index >= 15 is 0 Å². The van der Waals surface area contributed by atoms with Gasteiger partial charge in [-0.25, -0.2) is 4.79 Å². The number of esters is 1. The lowest BCUT2D eigenvalue weighted by molar-refractivity contribution is -0.143. The van der Waals surface area contributed by atoms with Gasteiger partial charge in [0.25, 0.3) is 0 Å². The molecule has 0 atom stereocenters. The van der Waals surface area contributed by atoms with Crippen LogP contribution in [0.2, 0.25) is 0 Å². The molecule has 0 spiro atoms. The minimum atomic E-state index is -0.515. The fourth-order valence-electron chi connectivity index (χ4n) is 2.72. The Morgan fingerprint density at radius 3 is 2.74 bits per heavy atom. The van der Waals surface area contributed by atoms with Crippen molar-refractivity contribution in [1.29, 1.82) is 0 Å². The lowest BCUT2D eigenvalue weighted by Crippen LogP contribution is -2.10. The minimum Gasteiger partial charge on any atom is -0.497 e. The van der Waals surface area contributed by atoms with Crippen LogP contribution in [0.4, 0.5) is 0 Å². The van der Waals surface area contributed by atoms with Gasteiger partial charge in [-0.15, -0.1) is 0 Å². The van der Waals surface area contributed by atoms with Gasteiger partial charge in [0.1, 0.15) is 11.5 Å². The molecule has 0 saturated heterocycles. The summed E-state index contributed by atoms with van der Waals surface area (Å²) in [5.41, 5.74) is 2.34. The number of hydrogen-bond donors (Lipinski definition) is 0. The van der Waals surface area contributed by atoms with E-state index in [1.165, 1.54) is 0 Å². The van der Waals surface area contributed by atoms with Crippen molar-refractivity contribution in [3.63, 3.8) is 0 Å². The van der Waals surface area contributed by atoms with Gasteiger partial charge in [0.15, 0.2) is 0 Å². The van der Waals surface area contributed by atoms with E-state index in [1.54, 1.807) is 32.2 Å². The maximum Gasteiger partial charge on any atom is 0.368 e. The number of methoxy groups -OCH3 is 1. The van der Waals surface area contributed by atoms with Crippen molar-refractivity contribution in [2.45, 2.75) is 19.9 Å². The van der Waals surface area contributed by atoms with Gasteiger partial charge in [0.2, 0.25) is 0 Å².